The lowest BCUT2D eigenvalue weighted by atomic mass is 10.1. The number of nitrogens with one attached hydrogen (secondary N) is 2. The van der Waals surface area contributed by atoms with Crippen LogP contribution in [0.15, 0.2) is 18.2 Å². The summed E-state index contributed by atoms with van der Waals surface area (Å²) in [5.41, 5.74) is 0.506. The molecule has 2 heterocycles. The van der Waals surface area contributed by atoms with Crippen LogP contribution in [0.3, 0.4) is 0 Å². The number of anilines is 1. The minimum atomic E-state index is -4.73. The first kappa shape index (κ1) is 14.1. The molecule has 2 N–H and O–H groups in total. The van der Waals surface area contributed by atoms with Crippen LogP contribution in [-0.2, 0) is 4.79 Å². The van der Waals surface area contributed by atoms with Gasteiger partial charge in [-0.2, -0.15) is 0 Å². The zero-order valence-corrected chi connectivity index (χ0v) is 11.3. The number of hydrogen-bond acceptors (Lipinski definition) is 5. The van der Waals surface area contributed by atoms with Crippen molar-refractivity contribution in [1.29, 1.82) is 0 Å². The van der Waals surface area contributed by atoms with Crippen molar-refractivity contribution < 1.29 is 22.7 Å². The molecular weight excluding hydrogens is 307 g/mol. The molecule has 5 nitrogen and oxygen atoms in total. The van der Waals surface area contributed by atoms with E-state index in [2.05, 4.69) is 20.4 Å². The molecule has 0 saturated carbocycles. The van der Waals surface area contributed by atoms with Crippen LogP contribution in [0, 0.1) is 0 Å². The topological polar surface area (TPSA) is 63.2 Å². The van der Waals surface area contributed by atoms with Gasteiger partial charge < -0.3 is 15.4 Å². The summed E-state index contributed by atoms with van der Waals surface area (Å²) in [4.78, 5) is 15.9. The lowest BCUT2D eigenvalue weighted by Gasteiger charge is -2.25. The first-order chi connectivity index (χ1) is 9.90. The fraction of sp³-hybridized carbons (Fsp3) is 0.333. The van der Waals surface area contributed by atoms with Gasteiger partial charge >= 0.3 is 6.36 Å². The average molecular weight is 317 g/mol. The Hall–Kier alpha value is -1.87. The van der Waals surface area contributed by atoms with E-state index in [-0.39, 0.29) is 17.7 Å². The molecule has 1 aliphatic rings. The predicted molar refractivity (Wildman–Crippen MR) is 71.3 cm³/mol. The van der Waals surface area contributed by atoms with E-state index in [0.29, 0.717) is 15.3 Å². The fourth-order valence-corrected chi connectivity index (χ4v) is 2.76. The Kier molecular flexibility index (Phi) is 3.46. The summed E-state index contributed by atoms with van der Waals surface area (Å²) in [6, 6.07) is 3.64. The highest BCUT2D eigenvalue weighted by Crippen LogP contribution is 2.31. The first-order valence-electron chi connectivity index (χ1n) is 6.11. The molecule has 1 aromatic heterocycles. The number of hydrogen-bond donors (Lipinski definition) is 2. The molecule has 0 radical (unpaired) electrons. The van der Waals surface area contributed by atoms with Crippen molar-refractivity contribution in [2.75, 3.05) is 11.9 Å². The van der Waals surface area contributed by atoms with Crippen molar-refractivity contribution >= 4 is 32.6 Å². The van der Waals surface area contributed by atoms with Gasteiger partial charge in [-0.3, -0.25) is 4.79 Å². The number of benzene rings is 1. The minimum Gasteiger partial charge on any atom is -0.406 e. The number of carbonyl (C=O) groups is 1. The maximum Gasteiger partial charge on any atom is 0.573 e. The highest BCUT2D eigenvalue weighted by atomic mass is 32.1. The van der Waals surface area contributed by atoms with E-state index in [1.807, 2.05) is 0 Å². The third-order valence-corrected chi connectivity index (χ3v) is 3.90. The number of fused-ring (bicyclic) bond motifs is 1. The zero-order valence-electron chi connectivity index (χ0n) is 10.5. The van der Waals surface area contributed by atoms with Gasteiger partial charge in [0, 0.05) is 6.07 Å². The number of nitrogens with zero attached hydrogens (tertiary/aromatic N) is 1. The zero-order chi connectivity index (χ0) is 15.0. The molecule has 0 spiro atoms. The molecule has 21 heavy (non-hydrogen) atoms. The number of aromatic nitrogens is 1. The van der Waals surface area contributed by atoms with E-state index in [9.17, 15) is 18.0 Å². The van der Waals surface area contributed by atoms with E-state index in [0.717, 1.165) is 24.3 Å². The van der Waals surface area contributed by atoms with E-state index in [1.165, 1.54) is 18.2 Å². The standard InChI is InChI=1S/C12H10F3N3O2S/c13-12(14,15)20-6-1-2-7-9(5-6)21-11(17-7)18-10(19)8-3-4-16-8/h1-2,5,8,16H,3-4H2,(H,17,18,19). The molecule has 0 aliphatic carbocycles. The van der Waals surface area contributed by atoms with Gasteiger partial charge in [0.05, 0.1) is 16.3 Å². The number of ether oxygens (including phenoxy) is 1. The number of amides is 1. The van der Waals surface area contributed by atoms with Crippen molar-refractivity contribution in [2.24, 2.45) is 0 Å². The van der Waals surface area contributed by atoms with Crippen LogP contribution < -0.4 is 15.4 Å². The highest BCUT2D eigenvalue weighted by molar-refractivity contribution is 7.22. The normalized spacial score (nSPS) is 18.3. The Labute approximate surface area is 121 Å². The van der Waals surface area contributed by atoms with Crippen LogP contribution in [0.2, 0.25) is 0 Å². The number of thiazole rings is 1. The molecule has 3 rings (SSSR count). The smallest absolute Gasteiger partial charge is 0.406 e. The molecule has 2 aromatic rings. The van der Waals surface area contributed by atoms with Crippen molar-refractivity contribution in [3.8, 4) is 5.75 Å². The number of carbonyl (C=O) groups excluding carboxylic acids is 1. The SMILES string of the molecule is O=C(Nc1nc2ccc(OC(F)(F)F)cc2s1)C1CCN1. The van der Waals surface area contributed by atoms with Crippen molar-refractivity contribution in [2.45, 2.75) is 18.8 Å². The molecule has 112 valence electrons. The first-order valence-corrected chi connectivity index (χ1v) is 6.93. The maximum absolute atomic E-state index is 12.2. The van der Waals surface area contributed by atoms with Gasteiger partial charge in [-0.15, -0.1) is 13.2 Å². The molecule has 9 heteroatoms. The van der Waals surface area contributed by atoms with E-state index >= 15 is 0 Å². The molecule has 1 aromatic carbocycles. The van der Waals surface area contributed by atoms with Crippen LogP contribution in [0.25, 0.3) is 10.2 Å². The summed E-state index contributed by atoms with van der Waals surface area (Å²) < 4.78 is 40.8. The number of halogens is 3. The molecule has 1 saturated heterocycles. The van der Waals surface area contributed by atoms with Crippen molar-refractivity contribution in [1.82, 2.24) is 10.3 Å². The summed E-state index contributed by atoms with van der Waals surface area (Å²) >= 11 is 1.10. The fourth-order valence-electron chi connectivity index (χ4n) is 1.86. The van der Waals surface area contributed by atoms with Gasteiger partial charge in [0.15, 0.2) is 5.13 Å². The molecule has 1 unspecified atom stereocenters. The molecule has 1 fully saturated rings. The molecule has 1 amide bonds. The largest absolute Gasteiger partial charge is 0.573 e. The lowest BCUT2D eigenvalue weighted by Crippen LogP contribution is -2.50. The van der Waals surface area contributed by atoms with Crippen LogP contribution in [0.5, 0.6) is 5.75 Å². The second-order valence-corrected chi connectivity index (χ2v) is 5.51. The monoisotopic (exact) mass is 317 g/mol. The third-order valence-electron chi connectivity index (χ3n) is 2.96. The molecule has 0 bridgehead atoms. The Bertz CT molecular complexity index is 682. The number of rotatable bonds is 3. The predicted octanol–water partition coefficient (Wildman–Crippen LogP) is 2.50. The van der Waals surface area contributed by atoms with Crippen molar-refractivity contribution in [3.05, 3.63) is 18.2 Å². The van der Waals surface area contributed by atoms with Crippen molar-refractivity contribution in [3.63, 3.8) is 0 Å². The maximum atomic E-state index is 12.2. The molecule has 1 atom stereocenters. The lowest BCUT2D eigenvalue weighted by molar-refractivity contribution is -0.274. The van der Waals surface area contributed by atoms with Crippen LogP contribution in [0.4, 0.5) is 18.3 Å². The molecule has 1 aliphatic heterocycles. The Morgan fingerprint density at radius 2 is 2.24 bits per heavy atom. The van der Waals surface area contributed by atoms with E-state index in [4.69, 9.17) is 0 Å². The Morgan fingerprint density at radius 1 is 1.48 bits per heavy atom. The third kappa shape index (κ3) is 3.24. The van der Waals surface area contributed by atoms with Crippen LogP contribution in [-0.4, -0.2) is 29.8 Å². The van der Waals surface area contributed by atoms with Gasteiger partial charge in [-0.1, -0.05) is 11.3 Å². The second-order valence-electron chi connectivity index (χ2n) is 4.48. The van der Waals surface area contributed by atoms with Gasteiger partial charge in [0.1, 0.15) is 5.75 Å². The highest BCUT2D eigenvalue weighted by Gasteiger charge is 2.31. The Balaban J connectivity index is 1.77. The van der Waals surface area contributed by atoms with E-state index in [1.54, 1.807) is 0 Å². The van der Waals surface area contributed by atoms with E-state index < -0.39 is 6.36 Å². The average Bonchev–Trinajstić information content (AvgIpc) is 2.65. The van der Waals surface area contributed by atoms with Gasteiger partial charge in [-0.25, -0.2) is 4.98 Å². The summed E-state index contributed by atoms with van der Waals surface area (Å²) in [5, 5.41) is 5.95. The summed E-state index contributed by atoms with van der Waals surface area (Å²) in [7, 11) is 0. The van der Waals surface area contributed by atoms with Gasteiger partial charge in [0.25, 0.3) is 0 Å². The minimum absolute atomic E-state index is 0.188. The van der Waals surface area contributed by atoms with Crippen LogP contribution in [0.1, 0.15) is 6.42 Å². The van der Waals surface area contributed by atoms with Gasteiger partial charge in [0.2, 0.25) is 5.91 Å². The number of alkyl halides is 3. The quantitative estimate of drug-likeness (QED) is 0.913. The van der Waals surface area contributed by atoms with Gasteiger partial charge in [-0.05, 0) is 25.1 Å². The summed E-state index contributed by atoms with van der Waals surface area (Å²) in [5.74, 6) is -0.496. The summed E-state index contributed by atoms with van der Waals surface area (Å²) in [6.07, 6.45) is -3.97. The summed E-state index contributed by atoms with van der Waals surface area (Å²) in [6.45, 7) is 0.802. The Morgan fingerprint density at radius 3 is 2.86 bits per heavy atom. The molecular formula is C12H10F3N3O2S. The van der Waals surface area contributed by atoms with Crippen LogP contribution >= 0.6 is 11.3 Å². The second kappa shape index (κ2) is 5.15.